The molecule has 1 amide bonds. The number of hydrogen-bond donors (Lipinski definition) is 2. The third-order valence-corrected chi connectivity index (χ3v) is 3.85. The van der Waals surface area contributed by atoms with Crippen LogP contribution in [0.25, 0.3) is 0 Å². The van der Waals surface area contributed by atoms with E-state index < -0.39 is 0 Å². The van der Waals surface area contributed by atoms with Crippen molar-refractivity contribution in [3.63, 3.8) is 0 Å². The highest BCUT2D eigenvalue weighted by molar-refractivity contribution is 7.80. The molecule has 1 heterocycles. The van der Waals surface area contributed by atoms with Gasteiger partial charge in [0.2, 0.25) is 0 Å². The van der Waals surface area contributed by atoms with E-state index in [0.29, 0.717) is 23.0 Å². The van der Waals surface area contributed by atoms with E-state index >= 15 is 0 Å². The van der Waals surface area contributed by atoms with Gasteiger partial charge in [0, 0.05) is 4.88 Å². The highest BCUT2D eigenvalue weighted by Crippen LogP contribution is 2.19. The Morgan fingerprint density at radius 3 is 2.73 bits per heavy atom. The Hall–Kier alpha value is -1.92. The van der Waals surface area contributed by atoms with Crippen LogP contribution in [0.2, 0.25) is 0 Å². The molecule has 4 nitrogen and oxygen atoms in total. The van der Waals surface area contributed by atoms with Gasteiger partial charge in [-0.05, 0) is 49.6 Å². The van der Waals surface area contributed by atoms with Crippen LogP contribution in [0.3, 0.4) is 0 Å². The molecular weight excluding hydrogens is 316 g/mol. The third kappa shape index (κ3) is 4.82. The molecule has 0 saturated heterocycles. The lowest BCUT2D eigenvalue weighted by Crippen LogP contribution is -2.38. The average molecular weight is 334 g/mol. The Morgan fingerprint density at radius 2 is 2.05 bits per heavy atom. The summed E-state index contributed by atoms with van der Waals surface area (Å²) in [5, 5.41) is 7.99. The van der Waals surface area contributed by atoms with Crippen LogP contribution >= 0.6 is 23.6 Å². The van der Waals surface area contributed by atoms with E-state index in [0.717, 1.165) is 4.88 Å². The molecule has 0 aliphatic carbocycles. The predicted molar refractivity (Wildman–Crippen MR) is 93.4 cm³/mol. The minimum absolute atomic E-state index is 0.00199. The molecule has 2 aromatic rings. The number of amides is 1. The fourth-order valence-electron chi connectivity index (χ4n) is 1.81. The first-order chi connectivity index (χ1) is 10.6. The number of ether oxygens (including phenoxy) is 1. The lowest BCUT2D eigenvalue weighted by atomic mass is 10.2. The number of benzene rings is 1. The Bertz CT molecular complexity index is 639. The minimum Gasteiger partial charge on any atom is -0.490 e. The van der Waals surface area contributed by atoms with Gasteiger partial charge in [0.25, 0.3) is 5.91 Å². The lowest BCUT2D eigenvalue weighted by molar-refractivity contribution is 0.0971. The molecule has 0 spiro atoms. The molecule has 2 rings (SSSR count). The van der Waals surface area contributed by atoms with Crippen LogP contribution < -0.4 is 15.4 Å². The van der Waals surface area contributed by atoms with Gasteiger partial charge in [0.1, 0.15) is 5.75 Å². The maximum atomic E-state index is 12.3. The maximum absolute atomic E-state index is 12.3. The first-order valence-electron chi connectivity index (χ1n) is 6.93. The number of thiocarbonyl (C=S) groups is 1. The van der Waals surface area contributed by atoms with Crippen LogP contribution in [0.1, 0.15) is 29.1 Å². The molecule has 6 heteroatoms. The molecule has 0 unspecified atom stereocenters. The summed E-state index contributed by atoms with van der Waals surface area (Å²) in [6, 6.07) is 11.1. The summed E-state index contributed by atoms with van der Waals surface area (Å²) < 4.78 is 5.64. The van der Waals surface area contributed by atoms with Crippen LogP contribution in [-0.2, 0) is 6.54 Å². The average Bonchev–Trinajstić information content (AvgIpc) is 2.98. The molecular formula is C16H18N2O2S2. The monoisotopic (exact) mass is 334 g/mol. The van der Waals surface area contributed by atoms with Crippen LogP contribution in [-0.4, -0.2) is 17.1 Å². The number of rotatable bonds is 5. The van der Waals surface area contributed by atoms with Gasteiger partial charge in [0.05, 0.1) is 18.2 Å². The van der Waals surface area contributed by atoms with E-state index in [4.69, 9.17) is 17.0 Å². The van der Waals surface area contributed by atoms with Gasteiger partial charge in [-0.15, -0.1) is 11.3 Å². The molecule has 116 valence electrons. The molecule has 0 radical (unpaired) electrons. The summed E-state index contributed by atoms with van der Waals surface area (Å²) in [6.07, 6.45) is -0.00199. The number of carbonyl (C=O) groups excluding carboxylic acids is 1. The van der Waals surface area contributed by atoms with Gasteiger partial charge in [-0.2, -0.15) is 0 Å². The molecule has 0 saturated carbocycles. The van der Waals surface area contributed by atoms with Crippen molar-refractivity contribution in [1.29, 1.82) is 0 Å². The van der Waals surface area contributed by atoms with Crippen molar-refractivity contribution in [3.05, 3.63) is 52.2 Å². The second-order valence-corrected chi connectivity index (χ2v) is 6.32. The van der Waals surface area contributed by atoms with Crippen molar-refractivity contribution in [3.8, 4) is 5.75 Å². The molecule has 2 N–H and O–H groups in total. The largest absolute Gasteiger partial charge is 0.490 e. The van der Waals surface area contributed by atoms with E-state index in [9.17, 15) is 4.79 Å². The SMILES string of the molecule is CC(C)Oc1ccccc1C(=O)NC(=S)NCc1cccs1. The fraction of sp³-hybridized carbons (Fsp3) is 0.250. The molecule has 22 heavy (non-hydrogen) atoms. The number of nitrogens with one attached hydrogen (secondary N) is 2. The summed E-state index contributed by atoms with van der Waals surface area (Å²) in [6.45, 7) is 4.44. The van der Waals surface area contributed by atoms with E-state index in [1.807, 2.05) is 37.4 Å². The van der Waals surface area contributed by atoms with Crippen molar-refractivity contribution >= 4 is 34.6 Å². The van der Waals surface area contributed by atoms with Crippen molar-refractivity contribution in [2.45, 2.75) is 26.5 Å². The first-order valence-corrected chi connectivity index (χ1v) is 8.22. The van der Waals surface area contributed by atoms with Crippen LogP contribution in [0.5, 0.6) is 5.75 Å². The van der Waals surface area contributed by atoms with Crippen molar-refractivity contribution in [1.82, 2.24) is 10.6 Å². The zero-order valence-electron chi connectivity index (χ0n) is 12.5. The molecule has 1 aromatic heterocycles. The smallest absolute Gasteiger partial charge is 0.261 e. The lowest BCUT2D eigenvalue weighted by Gasteiger charge is -2.14. The Kier molecular flexibility index (Phi) is 5.91. The summed E-state index contributed by atoms with van der Waals surface area (Å²) in [5.74, 6) is 0.274. The Balaban J connectivity index is 1.95. The Morgan fingerprint density at radius 1 is 1.27 bits per heavy atom. The molecule has 0 aliphatic rings. The van der Waals surface area contributed by atoms with Gasteiger partial charge in [-0.25, -0.2) is 0 Å². The normalized spacial score (nSPS) is 10.3. The standard InChI is InChI=1S/C16H18N2O2S2/c1-11(2)20-14-8-4-3-7-13(14)15(19)18-16(21)17-10-12-6-5-9-22-12/h3-9,11H,10H2,1-2H3,(H2,17,18,19,21). The van der Waals surface area contributed by atoms with Gasteiger partial charge >= 0.3 is 0 Å². The summed E-state index contributed by atoms with van der Waals surface area (Å²) in [4.78, 5) is 13.5. The second-order valence-electron chi connectivity index (χ2n) is 4.88. The number of thiophene rings is 1. The number of para-hydroxylation sites is 1. The molecule has 0 bridgehead atoms. The molecule has 0 aliphatic heterocycles. The van der Waals surface area contributed by atoms with Gasteiger partial charge in [-0.1, -0.05) is 18.2 Å². The number of carbonyl (C=O) groups is 1. The molecule has 1 aromatic carbocycles. The highest BCUT2D eigenvalue weighted by atomic mass is 32.1. The zero-order valence-corrected chi connectivity index (χ0v) is 14.1. The first kappa shape index (κ1) is 16.5. The second kappa shape index (κ2) is 7.91. The number of hydrogen-bond acceptors (Lipinski definition) is 4. The zero-order chi connectivity index (χ0) is 15.9. The summed E-state index contributed by atoms with van der Waals surface area (Å²) >= 11 is 6.79. The third-order valence-electron chi connectivity index (χ3n) is 2.72. The van der Waals surface area contributed by atoms with E-state index in [-0.39, 0.29) is 12.0 Å². The van der Waals surface area contributed by atoms with E-state index in [2.05, 4.69) is 10.6 Å². The highest BCUT2D eigenvalue weighted by Gasteiger charge is 2.14. The van der Waals surface area contributed by atoms with Gasteiger partial charge in [-0.3, -0.25) is 10.1 Å². The van der Waals surface area contributed by atoms with Gasteiger partial charge in [0.15, 0.2) is 5.11 Å². The van der Waals surface area contributed by atoms with Crippen molar-refractivity contribution in [2.24, 2.45) is 0 Å². The summed E-state index contributed by atoms with van der Waals surface area (Å²) in [7, 11) is 0. The van der Waals surface area contributed by atoms with Crippen LogP contribution in [0.4, 0.5) is 0 Å². The van der Waals surface area contributed by atoms with E-state index in [1.165, 1.54) is 0 Å². The van der Waals surface area contributed by atoms with Crippen LogP contribution in [0, 0.1) is 0 Å². The van der Waals surface area contributed by atoms with Crippen LogP contribution in [0.15, 0.2) is 41.8 Å². The van der Waals surface area contributed by atoms with Gasteiger partial charge < -0.3 is 10.1 Å². The summed E-state index contributed by atoms with van der Waals surface area (Å²) in [5.41, 5.74) is 0.469. The quantitative estimate of drug-likeness (QED) is 0.824. The fourth-order valence-corrected chi connectivity index (χ4v) is 2.62. The van der Waals surface area contributed by atoms with E-state index in [1.54, 1.807) is 29.5 Å². The Labute approximate surface area is 139 Å². The van der Waals surface area contributed by atoms with Crippen molar-refractivity contribution in [2.75, 3.05) is 0 Å². The topological polar surface area (TPSA) is 50.4 Å². The molecule has 0 atom stereocenters. The maximum Gasteiger partial charge on any atom is 0.261 e. The predicted octanol–water partition coefficient (Wildman–Crippen LogP) is 3.34. The van der Waals surface area contributed by atoms with Crippen molar-refractivity contribution < 1.29 is 9.53 Å². The molecule has 0 fully saturated rings. The minimum atomic E-state index is -0.278.